The highest BCUT2D eigenvalue weighted by atomic mass is 32.2. The molecule has 114 valence electrons. The van der Waals surface area contributed by atoms with Crippen LogP contribution in [0.3, 0.4) is 0 Å². The summed E-state index contributed by atoms with van der Waals surface area (Å²) >= 11 is 0. The zero-order valence-electron chi connectivity index (χ0n) is 12.2. The van der Waals surface area contributed by atoms with Crippen molar-refractivity contribution in [3.05, 3.63) is 42.5 Å². The van der Waals surface area contributed by atoms with Gasteiger partial charge in [-0.25, -0.2) is 8.42 Å². The van der Waals surface area contributed by atoms with Crippen molar-refractivity contribution in [1.29, 1.82) is 0 Å². The number of nitrogens with one attached hydrogen (secondary N) is 2. The Bertz CT molecular complexity index is 657. The molecule has 21 heavy (non-hydrogen) atoms. The Labute approximate surface area is 125 Å². The van der Waals surface area contributed by atoms with Crippen LogP contribution in [-0.4, -0.2) is 25.0 Å². The molecule has 0 fully saturated rings. The topological polar surface area (TPSA) is 76.0 Å². The maximum Gasteiger partial charge on any atom is 0.263 e. The number of hydrogen-bond acceptors (Lipinski definition) is 4. The van der Waals surface area contributed by atoms with E-state index in [-0.39, 0.29) is 4.90 Å². The summed E-state index contributed by atoms with van der Waals surface area (Å²) in [4.78, 5) is 4.17. The zero-order valence-corrected chi connectivity index (χ0v) is 13.0. The summed E-state index contributed by atoms with van der Waals surface area (Å²) < 4.78 is 29.3. The second-order valence-electron chi connectivity index (χ2n) is 4.74. The van der Waals surface area contributed by atoms with E-state index in [1.54, 1.807) is 30.6 Å². The maximum absolute atomic E-state index is 12.4. The van der Waals surface area contributed by atoms with Crippen molar-refractivity contribution in [2.24, 2.45) is 0 Å². The van der Waals surface area contributed by atoms with Crippen molar-refractivity contribution < 1.29 is 8.42 Å². The van der Waals surface area contributed by atoms with Gasteiger partial charge in [0, 0.05) is 31.2 Å². The van der Waals surface area contributed by atoms with E-state index in [0.29, 0.717) is 12.2 Å². The van der Waals surface area contributed by atoms with Crippen molar-refractivity contribution in [2.45, 2.75) is 31.3 Å². The van der Waals surface area contributed by atoms with E-state index in [2.05, 4.69) is 21.9 Å². The maximum atomic E-state index is 12.4. The van der Waals surface area contributed by atoms with Gasteiger partial charge in [-0.15, -0.1) is 0 Å². The summed E-state index contributed by atoms with van der Waals surface area (Å²) in [7, 11) is -1.75. The van der Waals surface area contributed by atoms with E-state index >= 15 is 0 Å². The van der Waals surface area contributed by atoms with Crippen molar-refractivity contribution in [1.82, 2.24) is 14.9 Å². The summed E-state index contributed by atoms with van der Waals surface area (Å²) in [5.74, 6) is 0. The number of pyridine rings is 1. The van der Waals surface area contributed by atoms with E-state index in [0.717, 1.165) is 18.7 Å². The van der Waals surface area contributed by atoms with Crippen LogP contribution in [0, 0.1) is 0 Å². The quantitative estimate of drug-likeness (QED) is 0.818. The van der Waals surface area contributed by atoms with Gasteiger partial charge in [0.2, 0.25) is 0 Å². The Hall–Kier alpha value is -1.86. The number of anilines is 1. The molecule has 0 atom stereocenters. The van der Waals surface area contributed by atoms with Gasteiger partial charge in [0.25, 0.3) is 10.0 Å². The van der Waals surface area contributed by atoms with Crippen molar-refractivity contribution >= 4 is 15.7 Å². The van der Waals surface area contributed by atoms with E-state index in [4.69, 9.17) is 0 Å². The van der Waals surface area contributed by atoms with Gasteiger partial charge >= 0.3 is 0 Å². The van der Waals surface area contributed by atoms with Crippen LogP contribution in [0.1, 0.15) is 19.0 Å². The molecule has 0 amide bonds. The highest BCUT2D eigenvalue weighted by Crippen LogP contribution is 2.18. The summed E-state index contributed by atoms with van der Waals surface area (Å²) in [6.45, 7) is 3.48. The van der Waals surface area contributed by atoms with Crippen molar-refractivity contribution in [3.63, 3.8) is 0 Å². The highest BCUT2D eigenvalue weighted by molar-refractivity contribution is 7.92. The number of nitrogens with zero attached hydrogens (tertiary/aromatic N) is 2. The van der Waals surface area contributed by atoms with Crippen LogP contribution in [0.4, 0.5) is 5.69 Å². The number of rotatable bonds is 7. The minimum Gasteiger partial charge on any atom is -0.349 e. The predicted octanol–water partition coefficient (Wildman–Crippen LogP) is 1.81. The smallest absolute Gasteiger partial charge is 0.263 e. The van der Waals surface area contributed by atoms with Crippen LogP contribution in [-0.2, 0) is 23.1 Å². The third kappa shape index (κ3) is 3.83. The van der Waals surface area contributed by atoms with E-state index in [9.17, 15) is 8.42 Å². The van der Waals surface area contributed by atoms with Gasteiger partial charge in [-0.05, 0) is 31.7 Å². The minimum atomic E-state index is -3.59. The molecule has 2 N–H and O–H groups in total. The first-order chi connectivity index (χ1) is 10.1. The molecule has 2 heterocycles. The predicted molar refractivity (Wildman–Crippen MR) is 82.5 cm³/mol. The van der Waals surface area contributed by atoms with Crippen LogP contribution in [0.25, 0.3) is 0 Å². The molecule has 0 saturated carbocycles. The Morgan fingerprint density at radius 2 is 2.19 bits per heavy atom. The Kier molecular flexibility index (Phi) is 4.98. The lowest BCUT2D eigenvalue weighted by Crippen LogP contribution is -2.12. The van der Waals surface area contributed by atoms with Gasteiger partial charge in [0.05, 0.1) is 11.9 Å². The number of sulfonamides is 1. The van der Waals surface area contributed by atoms with Crippen molar-refractivity contribution in [2.75, 3.05) is 11.8 Å². The highest BCUT2D eigenvalue weighted by Gasteiger charge is 2.18. The summed E-state index contributed by atoms with van der Waals surface area (Å²) in [5.41, 5.74) is 1.40. The molecular weight excluding hydrogens is 288 g/mol. The Morgan fingerprint density at radius 3 is 2.81 bits per heavy atom. The first-order valence-electron chi connectivity index (χ1n) is 6.83. The van der Waals surface area contributed by atoms with Crippen LogP contribution >= 0.6 is 0 Å². The molecule has 0 aromatic carbocycles. The van der Waals surface area contributed by atoms with Gasteiger partial charge in [-0.1, -0.05) is 6.92 Å². The molecule has 2 rings (SSSR count). The fraction of sp³-hybridized carbons (Fsp3) is 0.357. The first-order valence-corrected chi connectivity index (χ1v) is 8.31. The summed E-state index contributed by atoms with van der Waals surface area (Å²) in [6.07, 6.45) is 5.70. The standard InChI is InChI=1S/C14H20N4O2S/c1-3-7-18-11-14(8-13(18)10-15-2)21(19,20)17-12-5-4-6-16-9-12/h4-6,8-9,11,15,17H,3,7,10H2,1-2H3. The van der Waals surface area contributed by atoms with Crippen LogP contribution in [0.5, 0.6) is 0 Å². The zero-order chi connectivity index (χ0) is 15.3. The second-order valence-corrected chi connectivity index (χ2v) is 6.42. The normalized spacial score (nSPS) is 11.5. The lowest BCUT2D eigenvalue weighted by atomic mass is 10.4. The molecule has 2 aromatic rings. The molecule has 0 aliphatic carbocycles. The summed E-state index contributed by atoms with van der Waals surface area (Å²) in [5, 5.41) is 3.05. The second kappa shape index (κ2) is 6.73. The number of aromatic nitrogens is 2. The molecule has 0 aliphatic rings. The van der Waals surface area contributed by atoms with Crippen LogP contribution in [0.2, 0.25) is 0 Å². The van der Waals surface area contributed by atoms with E-state index in [1.165, 1.54) is 6.20 Å². The van der Waals surface area contributed by atoms with E-state index < -0.39 is 10.0 Å². The Morgan fingerprint density at radius 1 is 1.38 bits per heavy atom. The fourth-order valence-electron chi connectivity index (χ4n) is 2.09. The van der Waals surface area contributed by atoms with Crippen LogP contribution in [0.15, 0.2) is 41.7 Å². The molecule has 0 unspecified atom stereocenters. The molecular formula is C14H20N4O2S. The Balaban J connectivity index is 2.29. The lowest BCUT2D eigenvalue weighted by Gasteiger charge is -2.06. The fourth-order valence-corrected chi connectivity index (χ4v) is 3.19. The van der Waals surface area contributed by atoms with Gasteiger partial charge in [-0.3, -0.25) is 9.71 Å². The average molecular weight is 308 g/mol. The van der Waals surface area contributed by atoms with Gasteiger partial charge in [0.1, 0.15) is 4.90 Å². The first kappa shape index (κ1) is 15.5. The van der Waals surface area contributed by atoms with Gasteiger partial charge in [-0.2, -0.15) is 0 Å². The molecule has 2 aromatic heterocycles. The molecule has 7 heteroatoms. The number of hydrogen-bond donors (Lipinski definition) is 2. The molecule has 6 nitrogen and oxygen atoms in total. The SMILES string of the molecule is CCCn1cc(S(=O)(=O)Nc2cccnc2)cc1CNC. The van der Waals surface area contributed by atoms with Crippen molar-refractivity contribution in [3.8, 4) is 0 Å². The van der Waals surface area contributed by atoms with E-state index in [1.807, 2.05) is 11.6 Å². The number of aryl methyl sites for hydroxylation is 1. The molecule has 0 saturated heterocycles. The summed E-state index contributed by atoms with van der Waals surface area (Å²) in [6, 6.07) is 5.06. The molecule has 0 spiro atoms. The largest absolute Gasteiger partial charge is 0.349 e. The van der Waals surface area contributed by atoms with Crippen LogP contribution < -0.4 is 10.0 Å². The monoisotopic (exact) mass is 308 g/mol. The van der Waals surface area contributed by atoms with Gasteiger partial charge < -0.3 is 9.88 Å². The molecule has 0 radical (unpaired) electrons. The van der Waals surface area contributed by atoms with Gasteiger partial charge in [0.15, 0.2) is 0 Å². The molecule has 0 bridgehead atoms. The molecule has 0 aliphatic heterocycles. The minimum absolute atomic E-state index is 0.269. The third-order valence-electron chi connectivity index (χ3n) is 3.01. The lowest BCUT2D eigenvalue weighted by molar-refractivity contribution is 0.599. The average Bonchev–Trinajstić information content (AvgIpc) is 2.85. The third-order valence-corrected chi connectivity index (χ3v) is 4.36.